The predicted octanol–water partition coefficient (Wildman–Crippen LogP) is 1.18. The summed E-state index contributed by atoms with van der Waals surface area (Å²) in [7, 11) is 0. The van der Waals surface area contributed by atoms with Gasteiger partial charge in [-0.25, -0.2) is 9.78 Å². The average molecular weight is 242 g/mol. The molecule has 0 bridgehead atoms. The first-order chi connectivity index (χ1) is 7.19. The minimum absolute atomic E-state index is 0.189. The third-order valence-electron chi connectivity index (χ3n) is 1.39. The SMILES string of the molecule is CCOC(=O)c1nc(N)sc1C#CCS. The molecule has 0 aliphatic rings. The number of thiazole rings is 1. The van der Waals surface area contributed by atoms with Gasteiger partial charge in [0.05, 0.1) is 12.4 Å². The number of nitrogens with zero attached hydrogens (tertiary/aromatic N) is 1. The van der Waals surface area contributed by atoms with E-state index < -0.39 is 5.97 Å². The highest BCUT2D eigenvalue weighted by Crippen LogP contribution is 2.20. The zero-order chi connectivity index (χ0) is 11.3. The number of ether oxygens (including phenoxy) is 1. The topological polar surface area (TPSA) is 65.2 Å². The fourth-order valence-corrected chi connectivity index (χ4v) is 1.65. The van der Waals surface area contributed by atoms with E-state index in [2.05, 4.69) is 29.5 Å². The first-order valence-electron chi connectivity index (χ1n) is 4.22. The van der Waals surface area contributed by atoms with Crippen LogP contribution in [0.1, 0.15) is 22.3 Å². The van der Waals surface area contributed by atoms with Gasteiger partial charge in [0.2, 0.25) is 0 Å². The quantitative estimate of drug-likeness (QED) is 0.464. The number of thiol groups is 1. The largest absolute Gasteiger partial charge is 0.461 e. The highest BCUT2D eigenvalue weighted by molar-refractivity contribution is 7.80. The molecule has 0 aliphatic heterocycles. The molecule has 0 aromatic carbocycles. The average Bonchev–Trinajstić information content (AvgIpc) is 2.57. The summed E-state index contributed by atoms with van der Waals surface area (Å²) in [5.41, 5.74) is 5.69. The summed E-state index contributed by atoms with van der Waals surface area (Å²) in [5, 5.41) is 0.307. The van der Waals surface area contributed by atoms with Crippen LogP contribution in [0, 0.1) is 11.8 Å². The number of aromatic nitrogens is 1. The Kier molecular flexibility index (Phi) is 4.46. The number of anilines is 1. The van der Waals surface area contributed by atoms with Gasteiger partial charge in [-0.15, -0.1) is 0 Å². The van der Waals surface area contributed by atoms with E-state index in [4.69, 9.17) is 10.5 Å². The lowest BCUT2D eigenvalue weighted by Gasteiger charge is -1.97. The van der Waals surface area contributed by atoms with Crippen molar-refractivity contribution in [3.05, 3.63) is 10.6 Å². The molecule has 1 aromatic heterocycles. The number of carbonyl (C=O) groups excluding carboxylic acids is 1. The number of rotatable bonds is 2. The lowest BCUT2D eigenvalue weighted by atomic mass is 10.3. The molecule has 1 aromatic rings. The van der Waals surface area contributed by atoms with Gasteiger partial charge in [0.25, 0.3) is 0 Å². The van der Waals surface area contributed by atoms with Crippen molar-refractivity contribution in [2.24, 2.45) is 0 Å². The lowest BCUT2D eigenvalue weighted by molar-refractivity contribution is 0.0520. The molecule has 0 saturated carbocycles. The van der Waals surface area contributed by atoms with Crippen LogP contribution in [0.2, 0.25) is 0 Å². The van der Waals surface area contributed by atoms with Gasteiger partial charge in [-0.3, -0.25) is 0 Å². The number of carbonyl (C=O) groups is 1. The predicted molar refractivity (Wildman–Crippen MR) is 63.2 cm³/mol. The summed E-state index contributed by atoms with van der Waals surface area (Å²) >= 11 is 5.11. The van der Waals surface area contributed by atoms with Crippen LogP contribution in [0.25, 0.3) is 0 Å². The second kappa shape index (κ2) is 5.63. The molecule has 0 unspecified atom stereocenters. The Morgan fingerprint density at radius 3 is 3.07 bits per heavy atom. The monoisotopic (exact) mass is 242 g/mol. The highest BCUT2D eigenvalue weighted by atomic mass is 32.1. The van der Waals surface area contributed by atoms with Crippen LogP contribution in [-0.2, 0) is 4.74 Å². The minimum atomic E-state index is -0.492. The van der Waals surface area contributed by atoms with E-state index >= 15 is 0 Å². The molecular formula is C9H10N2O2S2. The van der Waals surface area contributed by atoms with Crippen molar-refractivity contribution in [1.29, 1.82) is 0 Å². The van der Waals surface area contributed by atoms with Crippen LogP contribution in [0.3, 0.4) is 0 Å². The van der Waals surface area contributed by atoms with Crippen molar-refractivity contribution >= 4 is 35.1 Å². The van der Waals surface area contributed by atoms with Gasteiger partial charge in [0.15, 0.2) is 10.8 Å². The van der Waals surface area contributed by atoms with E-state index in [9.17, 15) is 4.79 Å². The molecule has 1 rings (SSSR count). The second-order valence-corrected chi connectivity index (χ2v) is 3.76. The van der Waals surface area contributed by atoms with Crippen LogP contribution in [0.4, 0.5) is 5.13 Å². The molecule has 0 atom stereocenters. The molecule has 0 saturated heterocycles. The first kappa shape index (κ1) is 11.9. The van der Waals surface area contributed by atoms with E-state index in [0.717, 1.165) is 0 Å². The van der Waals surface area contributed by atoms with E-state index in [1.165, 1.54) is 11.3 Å². The first-order valence-corrected chi connectivity index (χ1v) is 5.67. The molecule has 6 heteroatoms. The van der Waals surface area contributed by atoms with Gasteiger partial charge in [-0.2, -0.15) is 12.6 Å². The fraction of sp³-hybridized carbons (Fsp3) is 0.333. The van der Waals surface area contributed by atoms with Crippen LogP contribution in [-0.4, -0.2) is 23.3 Å². The third-order valence-corrected chi connectivity index (χ3v) is 2.35. The molecule has 0 amide bonds. The summed E-state index contributed by atoms with van der Waals surface area (Å²) in [6.45, 7) is 2.03. The van der Waals surface area contributed by atoms with Crippen molar-refractivity contribution < 1.29 is 9.53 Å². The summed E-state index contributed by atoms with van der Waals surface area (Å²) < 4.78 is 4.82. The van der Waals surface area contributed by atoms with E-state index in [0.29, 0.717) is 22.4 Å². The van der Waals surface area contributed by atoms with Crippen LogP contribution >= 0.6 is 24.0 Å². The molecule has 0 aliphatic carbocycles. The van der Waals surface area contributed by atoms with Gasteiger partial charge < -0.3 is 10.5 Å². The molecule has 0 spiro atoms. The van der Waals surface area contributed by atoms with Crippen molar-refractivity contribution in [3.63, 3.8) is 0 Å². The maximum Gasteiger partial charge on any atom is 0.359 e. The standard InChI is InChI=1S/C9H10N2O2S2/c1-2-13-8(12)7-6(4-3-5-14)15-9(10)11-7/h14H,2,5H2,1H3,(H2,10,11). The zero-order valence-corrected chi connectivity index (χ0v) is 9.82. The Labute approximate surface area is 97.3 Å². The fourth-order valence-electron chi connectivity index (χ4n) is 0.879. The van der Waals surface area contributed by atoms with Crippen molar-refractivity contribution in [3.8, 4) is 11.8 Å². The molecule has 4 nitrogen and oxygen atoms in total. The molecule has 0 radical (unpaired) electrons. The molecule has 15 heavy (non-hydrogen) atoms. The smallest absolute Gasteiger partial charge is 0.359 e. The third kappa shape index (κ3) is 3.15. The van der Waals surface area contributed by atoms with Gasteiger partial charge in [-0.1, -0.05) is 23.2 Å². The maximum absolute atomic E-state index is 11.4. The Morgan fingerprint density at radius 1 is 1.73 bits per heavy atom. The Bertz CT molecular complexity index is 417. The van der Waals surface area contributed by atoms with Crippen LogP contribution in [0.15, 0.2) is 0 Å². The number of nitrogen functional groups attached to an aromatic ring is 1. The van der Waals surface area contributed by atoms with E-state index in [-0.39, 0.29) is 5.69 Å². The van der Waals surface area contributed by atoms with Crippen LogP contribution in [0.5, 0.6) is 0 Å². The van der Waals surface area contributed by atoms with Crippen molar-refractivity contribution in [1.82, 2.24) is 4.98 Å². The molecule has 1 heterocycles. The minimum Gasteiger partial charge on any atom is -0.461 e. The summed E-state index contributed by atoms with van der Waals surface area (Å²) in [4.78, 5) is 15.8. The van der Waals surface area contributed by atoms with Crippen molar-refractivity contribution in [2.75, 3.05) is 18.1 Å². The van der Waals surface area contributed by atoms with Crippen molar-refractivity contribution in [2.45, 2.75) is 6.92 Å². The van der Waals surface area contributed by atoms with E-state index in [1.54, 1.807) is 6.92 Å². The molecule has 80 valence electrons. The number of nitrogens with two attached hydrogens (primary N) is 1. The number of hydrogen-bond donors (Lipinski definition) is 2. The number of esters is 1. The summed E-state index contributed by atoms with van der Waals surface area (Å²) in [5.74, 6) is 5.43. The Hall–Kier alpha value is -1.19. The van der Waals surface area contributed by atoms with Crippen LogP contribution < -0.4 is 5.73 Å². The maximum atomic E-state index is 11.4. The van der Waals surface area contributed by atoms with E-state index in [1.807, 2.05) is 0 Å². The highest BCUT2D eigenvalue weighted by Gasteiger charge is 2.16. The number of hydrogen-bond acceptors (Lipinski definition) is 6. The Morgan fingerprint density at radius 2 is 2.47 bits per heavy atom. The van der Waals surface area contributed by atoms with Gasteiger partial charge in [0, 0.05) is 0 Å². The molecule has 0 fully saturated rings. The molecular weight excluding hydrogens is 232 g/mol. The normalized spacial score (nSPS) is 9.20. The van der Waals surface area contributed by atoms with Gasteiger partial charge in [0.1, 0.15) is 4.88 Å². The van der Waals surface area contributed by atoms with Gasteiger partial charge >= 0.3 is 5.97 Å². The summed E-state index contributed by atoms with van der Waals surface area (Å²) in [6.07, 6.45) is 0. The zero-order valence-electron chi connectivity index (χ0n) is 8.11. The summed E-state index contributed by atoms with van der Waals surface area (Å²) in [6, 6.07) is 0. The second-order valence-electron chi connectivity index (χ2n) is 2.41. The Balaban J connectivity index is 3.00. The van der Waals surface area contributed by atoms with Gasteiger partial charge in [-0.05, 0) is 6.92 Å². The molecule has 2 N–H and O–H groups in total. The lowest BCUT2D eigenvalue weighted by Crippen LogP contribution is -2.06.